The van der Waals surface area contributed by atoms with Crippen molar-refractivity contribution in [1.29, 1.82) is 0 Å². The lowest BCUT2D eigenvalue weighted by Gasteiger charge is -2.16. The molecule has 0 saturated heterocycles. The smallest absolute Gasteiger partial charge is 0.131 e. The molecule has 0 bridgehead atoms. The van der Waals surface area contributed by atoms with Crippen LogP contribution in [0.5, 0.6) is 5.75 Å². The third-order valence-corrected chi connectivity index (χ3v) is 4.51. The highest BCUT2D eigenvalue weighted by Crippen LogP contribution is 2.39. The quantitative estimate of drug-likeness (QED) is 0.776. The number of fused-ring (bicyclic) bond motifs is 1. The monoisotopic (exact) mass is 336 g/mol. The average molecular weight is 337 g/mol. The molecule has 20 heavy (non-hydrogen) atoms. The van der Waals surface area contributed by atoms with Crippen molar-refractivity contribution in [1.82, 2.24) is 0 Å². The third-order valence-electron chi connectivity index (χ3n) is 3.52. The first-order valence-corrected chi connectivity index (χ1v) is 7.28. The van der Waals surface area contributed by atoms with Crippen molar-refractivity contribution < 1.29 is 13.9 Å². The lowest BCUT2D eigenvalue weighted by Crippen LogP contribution is -2.01. The van der Waals surface area contributed by atoms with Crippen molar-refractivity contribution in [3.63, 3.8) is 0 Å². The molecule has 1 atom stereocenters. The summed E-state index contributed by atoms with van der Waals surface area (Å²) >= 11 is 3.58. The van der Waals surface area contributed by atoms with Gasteiger partial charge in [0.2, 0.25) is 0 Å². The lowest BCUT2D eigenvalue weighted by atomic mass is 9.99. The van der Waals surface area contributed by atoms with Gasteiger partial charge in [-0.3, -0.25) is 0 Å². The van der Waals surface area contributed by atoms with Crippen LogP contribution in [-0.4, -0.2) is 7.11 Å². The highest BCUT2D eigenvalue weighted by Gasteiger charge is 2.21. The molecule has 0 amide bonds. The van der Waals surface area contributed by atoms with Gasteiger partial charge in [-0.1, -0.05) is 40.2 Å². The molecule has 0 N–H and O–H groups in total. The fourth-order valence-corrected chi connectivity index (χ4v) is 3.19. The van der Waals surface area contributed by atoms with E-state index < -0.39 is 0 Å². The first kappa shape index (κ1) is 13.6. The number of rotatable bonds is 3. The summed E-state index contributed by atoms with van der Waals surface area (Å²) in [4.78, 5) is -0.246. The molecule has 0 saturated carbocycles. The summed E-state index contributed by atoms with van der Waals surface area (Å²) in [5.41, 5.74) is 3.89. The van der Waals surface area contributed by atoms with Crippen molar-refractivity contribution in [3.8, 4) is 5.75 Å². The number of halogens is 2. The Morgan fingerprint density at radius 2 is 2.00 bits per heavy atom. The molecule has 2 aromatic rings. The fourth-order valence-electron chi connectivity index (χ4n) is 2.46. The molecule has 1 aliphatic heterocycles. The molecule has 0 aromatic heterocycles. The van der Waals surface area contributed by atoms with Crippen molar-refractivity contribution in [3.05, 3.63) is 64.5 Å². The Hall–Kier alpha value is -1.39. The standard InChI is InChI=1S/C16H14BrFO2/c1-19-14-4-2-3-13(18)15(14)16(17)10-5-6-11-8-20-9-12(11)7-10/h2-7,16H,8-9H2,1H3. The SMILES string of the molecule is COc1cccc(F)c1C(Br)c1ccc2c(c1)COC2. The van der Waals surface area contributed by atoms with Gasteiger partial charge in [0.15, 0.2) is 0 Å². The summed E-state index contributed by atoms with van der Waals surface area (Å²) in [5.74, 6) is 0.270. The van der Waals surface area contributed by atoms with Crippen LogP contribution in [0.4, 0.5) is 4.39 Å². The van der Waals surface area contributed by atoms with E-state index in [4.69, 9.17) is 9.47 Å². The lowest BCUT2D eigenvalue weighted by molar-refractivity contribution is 0.134. The van der Waals surface area contributed by atoms with Crippen LogP contribution in [-0.2, 0) is 18.0 Å². The molecule has 1 unspecified atom stereocenters. The number of hydrogen-bond acceptors (Lipinski definition) is 2. The maximum Gasteiger partial charge on any atom is 0.131 e. The number of alkyl halides is 1. The van der Waals surface area contributed by atoms with E-state index in [1.165, 1.54) is 17.2 Å². The molecule has 0 radical (unpaired) electrons. The Labute approximate surface area is 125 Å². The summed E-state index contributed by atoms with van der Waals surface area (Å²) in [7, 11) is 1.55. The summed E-state index contributed by atoms with van der Waals surface area (Å²) in [6.07, 6.45) is 0. The van der Waals surface area contributed by atoms with E-state index in [9.17, 15) is 4.39 Å². The summed E-state index contributed by atoms with van der Waals surface area (Å²) in [6, 6.07) is 11.0. The number of methoxy groups -OCH3 is 1. The highest BCUT2D eigenvalue weighted by atomic mass is 79.9. The third kappa shape index (κ3) is 2.34. The van der Waals surface area contributed by atoms with Gasteiger partial charge in [-0.05, 0) is 28.8 Å². The van der Waals surface area contributed by atoms with Crippen molar-refractivity contribution in [2.45, 2.75) is 18.0 Å². The molecule has 4 heteroatoms. The van der Waals surface area contributed by atoms with E-state index in [1.54, 1.807) is 19.2 Å². The summed E-state index contributed by atoms with van der Waals surface area (Å²) < 4.78 is 24.8. The maximum absolute atomic E-state index is 14.1. The second kappa shape index (κ2) is 5.54. The van der Waals surface area contributed by atoms with Crippen LogP contribution in [0.1, 0.15) is 27.1 Å². The Morgan fingerprint density at radius 3 is 2.80 bits per heavy atom. The second-order valence-electron chi connectivity index (χ2n) is 4.74. The fraction of sp³-hybridized carbons (Fsp3) is 0.250. The minimum atomic E-state index is -0.275. The summed E-state index contributed by atoms with van der Waals surface area (Å²) in [6.45, 7) is 1.28. The van der Waals surface area contributed by atoms with Crippen LogP contribution >= 0.6 is 15.9 Å². The number of ether oxygens (including phenoxy) is 2. The molecule has 1 heterocycles. The zero-order valence-electron chi connectivity index (χ0n) is 11.0. The van der Waals surface area contributed by atoms with E-state index in [2.05, 4.69) is 22.0 Å². The van der Waals surface area contributed by atoms with Gasteiger partial charge in [-0.2, -0.15) is 0 Å². The average Bonchev–Trinajstić information content (AvgIpc) is 2.93. The van der Waals surface area contributed by atoms with Gasteiger partial charge >= 0.3 is 0 Å². The molecular weight excluding hydrogens is 323 g/mol. The van der Waals surface area contributed by atoms with Gasteiger partial charge in [-0.25, -0.2) is 4.39 Å². The minimum Gasteiger partial charge on any atom is -0.496 e. The first-order valence-electron chi connectivity index (χ1n) is 6.36. The Morgan fingerprint density at radius 1 is 1.20 bits per heavy atom. The number of benzene rings is 2. The van der Waals surface area contributed by atoms with Crippen LogP contribution in [0.15, 0.2) is 36.4 Å². The molecule has 0 spiro atoms. The van der Waals surface area contributed by atoms with Crippen LogP contribution < -0.4 is 4.74 Å². The molecule has 104 valence electrons. The van der Waals surface area contributed by atoms with Gasteiger partial charge in [0.05, 0.1) is 25.2 Å². The number of hydrogen-bond donors (Lipinski definition) is 0. The normalized spacial score (nSPS) is 14.9. The molecule has 1 aliphatic rings. The first-order chi connectivity index (χ1) is 9.70. The molecular formula is C16H14BrFO2. The summed E-state index contributed by atoms with van der Waals surface area (Å²) in [5, 5.41) is 0. The highest BCUT2D eigenvalue weighted by molar-refractivity contribution is 9.09. The van der Waals surface area contributed by atoms with Gasteiger partial charge in [0.25, 0.3) is 0 Å². The largest absolute Gasteiger partial charge is 0.496 e. The van der Waals surface area contributed by atoms with Gasteiger partial charge < -0.3 is 9.47 Å². The van der Waals surface area contributed by atoms with Crippen LogP contribution in [0.25, 0.3) is 0 Å². The Balaban J connectivity index is 2.02. The zero-order chi connectivity index (χ0) is 14.1. The van der Waals surface area contributed by atoms with Crippen LogP contribution in [0.3, 0.4) is 0 Å². The van der Waals surface area contributed by atoms with E-state index in [-0.39, 0.29) is 10.6 Å². The molecule has 0 aliphatic carbocycles. The van der Waals surface area contributed by atoms with E-state index in [0.29, 0.717) is 24.5 Å². The van der Waals surface area contributed by atoms with Crippen LogP contribution in [0, 0.1) is 5.82 Å². The second-order valence-corrected chi connectivity index (χ2v) is 5.65. The van der Waals surface area contributed by atoms with Crippen molar-refractivity contribution in [2.75, 3.05) is 7.11 Å². The van der Waals surface area contributed by atoms with Crippen LogP contribution in [0.2, 0.25) is 0 Å². The van der Waals surface area contributed by atoms with Gasteiger partial charge in [0.1, 0.15) is 11.6 Å². The predicted octanol–water partition coefficient (Wildman–Crippen LogP) is 4.35. The Kier molecular flexibility index (Phi) is 3.76. The zero-order valence-corrected chi connectivity index (χ0v) is 12.6. The van der Waals surface area contributed by atoms with Gasteiger partial charge in [0, 0.05) is 5.56 Å². The molecule has 2 aromatic carbocycles. The van der Waals surface area contributed by atoms with E-state index in [0.717, 1.165) is 5.56 Å². The van der Waals surface area contributed by atoms with Crippen molar-refractivity contribution in [2.24, 2.45) is 0 Å². The van der Waals surface area contributed by atoms with E-state index in [1.807, 2.05) is 12.1 Å². The maximum atomic E-state index is 14.1. The minimum absolute atomic E-state index is 0.246. The Bertz CT molecular complexity index is 642. The molecule has 3 rings (SSSR count). The van der Waals surface area contributed by atoms with Crippen molar-refractivity contribution >= 4 is 15.9 Å². The topological polar surface area (TPSA) is 18.5 Å². The molecule has 0 fully saturated rings. The van der Waals surface area contributed by atoms with Gasteiger partial charge in [-0.15, -0.1) is 0 Å². The molecule has 2 nitrogen and oxygen atoms in total. The van der Waals surface area contributed by atoms with E-state index >= 15 is 0 Å². The predicted molar refractivity (Wildman–Crippen MR) is 78.7 cm³/mol.